The Kier molecular flexibility index (Phi) is 21.6. The predicted octanol–water partition coefficient (Wildman–Crippen LogP) is 3.32. The van der Waals surface area contributed by atoms with Gasteiger partial charge in [0.2, 0.25) is 5.79 Å². The van der Waals surface area contributed by atoms with E-state index < -0.39 is 139 Å². The van der Waals surface area contributed by atoms with Crippen molar-refractivity contribution >= 4 is 35.4 Å². The average Bonchev–Trinajstić information content (AvgIpc) is 3.42. The van der Waals surface area contributed by atoms with Gasteiger partial charge in [-0.2, -0.15) is 0 Å². The molecule has 6 aliphatic rings. The number of aliphatic hydroxyl groups is 6. The monoisotopic (exact) mass is 1090 g/mol. The maximum atomic E-state index is 14.6. The summed E-state index contributed by atoms with van der Waals surface area (Å²) in [4.78, 5) is 85.9. The second kappa shape index (κ2) is 26.8. The molecule has 0 aromatic heterocycles. The normalized spacial score (nSPS) is 43.1. The first-order valence-electron chi connectivity index (χ1n) is 27.2. The molecule has 6 rings (SSSR count). The van der Waals surface area contributed by atoms with Crippen LogP contribution in [-0.2, 0) is 61.9 Å². The van der Waals surface area contributed by atoms with Crippen LogP contribution in [0.3, 0.4) is 0 Å². The Morgan fingerprint density at radius 1 is 0.831 bits per heavy atom. The lowest BCUT2D eigenvalue weighted by molar-refractivity contribution is -0.415. The molecular weight excluding hydrogens is 1010 g/mol. The lowest BCUT2D eigenvalue weighted by Crippen LogP contribution is -2.65. The Morgan fingerprint density at radius 2 is 1.56 bits per heavy atom. The molecule has 3 unspecified atom stereocenters. The molecule has 20 atom stereocenters. The second-order valence-electron chi connectivity index (χ2n) is 22.4. The van der Waals surface area contributed by atoms with Crippen molar-refractivity contribution in [1.82, 2.24) is 4.90 Å². The Morgan fingerprint density at radius 3 is 2.25 bits per heavy atom. The summed E-state index contributed by atoms with van der Waals surface area (Å²) in [5.41, 5.74) is 1.17. The highest BCUT2D eigenvalue weighted by Crippen LogP contribution is 2.46. The standard InChI is InChI=1S/C56H83NO20/c1-29-14-11-10-12-15-30(2)42(70-7)26-36-19-17-34(6)55(68,76-36)51(64)52(65)57-21-13-16-37-38(24-35-18-20-41(44(25-35)71-8)75-54(67)77-56(69)50(63)48(62)40(59)28-73-56)43(74-53(66)45(37)57)27-39(58)31(3)23-33(5)47(61)49(72-9)46(60)32(4)22-29/h10-12,14-15,23,29,31-32,34-38,40-45,47-50,59,61-63,68-69H,13,16-22,24-28H2,1-9H3/b12-10+,14-11+,30-15?,33-23+/t29-,31-,32-,34-,35-,36+,37?,38+,40+,41-,42+,43+,44-,45+,47-,48?,49+,50?,55-,56+/m1/s1. The number of fused-ring (bicyclic) bond motifs is 3. The molecule has 5 fully saturated rings. The molecule has 1 saturated carbocycles. The lowest BCUT2D eigenvalue weighted by Gasteiger charge is -2.50. The summed E-state index contributed by atoms with van der Waals surface area (Å²) < 4.78 is 45.0. The molecule has 1 aliphatic carbocycles. The van der Waals surface area contributed by atoms with Gasteiger partial charge in [-0.25, -0.2) is 9.59 Å². The van der Waals surface area contributed by atoms with Gasteiger partial charge in [-0.05, 0) is 101 Å². The van der Waals surface area contributed by atoms with E-state index in [0.29, 0.717) is 50.5 Å². The number of ketones is 3. The zero-order chi connectivity index (χ0) is 56.7. The van der Waals surface area contributed by atoms with Gasteiger partial charge in [0.25, 0.3) is 11.7 Å². The topological polar surface area (TPSA) is 301 Å². The van der Waals surface area contributed by atoms with Crippen molar-refractivity contribution in [3.8, 4) is 0 Å². The summed E-state index contributed by atoms with van der Waals surface area (Å²) in [5, 5.41) is 64.5. The fourth-order valence-electron chi connectivity index (χ4n) is 12.2. The number of aliphatic hydroxyl groups excluding tert-OH is 4. The molecule has 0 aromatic carbocycles. The summed E-state index contributed by atoms with van der Waals surface area (Å²) in [7, 11) is 4.30. The highest BCUT2D eigenvalue weighted by Gasteiger charge is 2.58. The molecule has 0 radical (unpaired) electrons. The minimum Gasteiger partial charge on any atom is -0.460 e. The first-order valence-corrected chi connectivity index (χ1v) is 27.2. The van der Waals surface area contributed by atoms with Crippen molar-refractivity contribution in [3.05, 3.63) is 47.6 Å². The Hall–Kier alpha value is -4.26. The predicted molar refractivity (Wildman–Crippen MR) is 273 cm³/mol. The van der Waals surface area contributed by atoms with Gasteiger partial charge in [-0.3, -0.25) is 19.2 Å². The third-order valence-electron chi connectivity index (χ3n) is 16.9. The van der Waals surface area contributed by atoms with Gasteiger partial charge in [-0.1, -0.05) is 64.2 Å². The minimum absolute atomic E-state index is 0.00336. The summed E-state index contributed by atoms with van der Waals surface area (Å²) in [6.45, 7) is 9.87. The van der Waals surface area contributed by atoms with Crippen molar-refractivity contribution in [3.63, 3.8) is 0 Å². The van der Waals surface area contributed by atoms with Gasteiger partial charge in [0, 0.05) is 64.4 Å². The molecule has 1 amide bonds. The van der Waals surface area contributed by atoms with Crippen LogP contribution in [0, 0.1) is 41.4 Å². The lowest BCUT2D eigenvalue weighted by atomic mass is 9.68. The van der Waals surface area contributed by atoms with Crippen LogP contribution >= 0.6 is 0 Å². The third-order valence-corrected chi connectivity index (χ3v) is 16.9. The number of Topliss-reactive ketones (excluding diaryl/α,β-unsaturated/α-hetero) is 3. The van der Waals surface area contributed by atoms with Gasteiger partial charge in [0.05, 0.1) is 24.9 Å². The van der Waals surface area contributed by atoms with E-state index in [1.807, 2.05) is 44.2 Å². The second-order valence-corrected chi connectivity index (χ2v) is 22.4. The number of piperidine rings is 1. The van der Waals surface area contributed by atoms with Crippen LogP contribution in [0.15, 0.2) is 47.6 Å². The highest BCUT2D eigenvalue weighted by molar-refractivity contribution is 6.39. The Balaban J connectivity index is 1.30. The molecule has 4 saturated heterocycles. The number of nitrogens with zero attached hydrogens (tertiary/aromatic N) is 1. The molecule has 0 aromatic rings. The van der Waals surface area contributed by atoms with Crippen LogP contribution in [0.5, 0.6) is 0 Å². The number of carbonyl (C=O) groups excluding carboxylic acids is 6. The molecule has 21 nitrogen and oxygen atoms in total. The van der Waals surface area contributed by atoms with Crippen LogP contribution < -0.4 is 0 Å². The van der Waals surface area contributed by atoms with Gasteiger partial charge >= 0.3 is 18.1 Å². The van der Waals surface area contributed by atoms with E-state index in [2.05, 4.69) is 0 Å². The maximum Gasteiger partial charge on any atom is 0.513 e. The number of amides is 1. The van der Waals surface area contributed by atoms with E-state index in [4.69, 9.17) is 37.9 Å². The number of hydrogen-bond acceptors (Lipinski definition) is 20. The Labute approximate surface area is 450 Å². The SMILES string of the molecule is CO[C@H]1C[C@@H]2CC[C@@H](C)[C@@](O)(O2)C(=O)C(=O)N2CCCC3[C@H]2C(=O)O[C@@H](CC(=O)[C@H](C)/C=C(\C)[C@@H](O)[C@@H](OC)C(=O)[C@H](C)C[C@H](C)/C=C/C=C/C=C1C)[C@H]3C[C@H]1CC[C@@H](OC(=O)O[C@@]2(O)OC[C@H](O)C(O)C2O)[C@H](OC)C1. The molecule has 21 heteroatoms. The number of esters is 1. The van der Waals surface area contributed by atoms with Crippen molar-refractivity contribution in [2.45, 2.75) is 191 Å². The van der Waals surface area contributed by atoms with Crippen LogP contribution in [0.2, 0.25) is 0 Å². The smallest absolute Gasteiger partial charge is 0.460 e. The first-order chi connectivity index (χ1) is 36.4. The number of ether oxygens (including phenoxy) is 8. The van der Waals surface area contributed by atoms with Gasteiger partial charge in [0.15, 0.2) is 11.9 Å². The van der Waals surface area contributed by atoms with E-state index >= 15 is 0 Å². The summed E-state index contributed by atoms with van der Waals surface area (Å²) in [5.74, 6) is -12.9. The zero-order valence-electron chi connectivity index (χ0n) is 45.9. The van der Waals surface area contributed by atoms with Crippen LogP contribution in [0.4, 0.5) is 4.79 Å². The first kappa shape index (κ1) is 61.9. The van der Waals surface area contributed by atoms with Gasteiger partial charge in [-0.15, -0.1) is 0 Å². The van der Waals surface area contributed by atoms with Crippen LogP contribution in [-0.4, -0.2) is 184 Å². The number of rotatable bonds is 7. The van der Waals surface area contributed by atoms with Crippen LogP contribution in [0.1, 0.15) is 112 Å². The molecular formula is C56H83NO20. The molecule has 5 heterocycles. The summed E-state index contributed by atoms with van der Waals surface area (Å²) >= 11 is 0. The molecule has 432 valence electrons. The average molecular weight is 1090 g/mol. The van der Waals surface area contributed by atoms with E-state index in [-0.39, 0.29) is 55.6 Å². The highest BCUT2D eigenvalue weighted by atomic mass is 16.9. The summed E-state index contributed by atoms with van der Waals surface area (Å²) in [6.07, 6.45) is 0.683. The molecule has 0 spiro atoms. The largest absolute Gasteiger partial charge is 0.513 e. The zero-order valence-corrected chi connectivity index (χ0v) is 45.9. The van der Waals surface area contributed by atoms with Gasteiger partial charge < -0.3 is 73.4 Å². The number of hydrogen-bond donors (Lipinski definition) is 6. The summed E-state index contributed by atoms with van der Waals surface area (Å²) in [6, 6.07) is -1.27. The van der Waals surface area contributed by atoms with E-state index in [1.165, 1.54) is 19.1 Å². The van der Waals surface area contributed by atoms with Crippen molar-refractivity contribution in [1.29, 1.82) is 0 Å². The fourth-order valence-corrected chi connectivity index (χ4v) is 12.2. The quantitative estimate of drug-likeness (QED) is 0.0922. The molecule has 6 bridgehead atoms. The van der Waals surface area contributed by atoms with Crippen LogP contribution in [0.25, 0.3) is 0 Å². The van der Waals surface area contributed by atoms with E-state index in [0.717, 1.165) is 5.57 Å². The Bertz CT molecular complexity index is 2230. The molecule has 77 heavy (non-hydrogen) atoms. The molecule has 5 aliphatic heterocycles. The fraction of sp³-hybridized carbons (Fsp3) is 0.750. The number of allylic oxidation sites excluding steroid dienone is 6. The minimum atomic E-state index is -3.02. The molecule has 6 N–H and O–H groups in total. The number of carbonyl (C=O) groups is 6. The number of methoxy groups -OCH3 is 3. The van der Waals surface area contributed by atoms with Crippen molar-refractivity contribution in [2.24, 2.45) is 41.4 Å². The van der Waals surface area contributed by atoms with Gasteiger partial charge in [0.1, 0.15) is 48.4 Å². The van der Waals surface area contributed by atoms with Crippen molar-refractivity contribution in [2.75, 3.05) is 34.5 Å². The third kappa shape index (κ3) is 14.4. The van der Waals surface area contributed by atoms with E-state index in [1.54, 1.807) is 40.9 Å². The maximum absolute atomic E-state index is 14.6. The van der Waals surface area contributed by atoms with Crippen molar-refractivity contribution < 1.29 is 97.3 Å². The van der Waals surface area contributed by atoms with E-state index in [9.17, 15) is 59.4 Å².